The number of aromatic nitrogens is 3. The van der Waals surface area contributed by atoms with Gasteiger partial charge in [-0.25, -0.2) is 4.98 Å². The molecule has 1 amide bonds. The number of hydrogen-bond donors (Lipinski definition) is 1. The maximum absolute atomic E-state index is 12.2. The third kappa shape index (κ3) is 4.50. The van der Waals surface area contributed by atoms with Crippen LogP contribution in [0, 0.1) is 0 Å². The summed E-state index contributed by atoms with van der Waals surface area (Å²) in [5.74, 6) is 0.168. The molecule has 2 heterocycles. The van der Waals surface area contributed by atoms with Crippen molar-refractivity contribution < 1.29 is 9.90 Å². The van der Waals surface area contributed by atoms with E-state index >= 15 is 0 Å². The van der Waals surface area contributed by atoms with Crippen LogP contribution in [0.5, 0.6) is 0 Å². The third-order valence-electron chi connectivity index (χ3n) is 4.09. The number of hydrogen-bond acceptors (Lipinski definition) is 5. The molecular weight excluding hydrogens is 270 g/mol. The molecule has 0 unspecified atom stereocenters. The highest BCUT2D eigenvalue weighted by molar-refractivity contribution is 5.76. The highest BCUT2D eigenvalue weighted by atomic mass is 16.3. The van der Waals surface area contributed by atoms with Crippen LogP contribution < -0.4 is 0 Å². The molecule has 0 aliphatic carbocycles. The number of nitrogens with zero attached hydrogens (tertiary/aromatic N) is 5. The highest BCUT2D eigenvalue weighted by Gasteiger charge is 2.27. The molecule has 0 saturated carbocycles. The summed E-state index contributed by atoms with van der Waals surface area (Å²) in [6, 6.07) is 0.137. The second-order valence-electron chi connectivity index (χ2n) is 5.82. The summed E-state index contributed by atoms with van der Waals surface area (Å²) in [4.78, 5) is 20.1. The minimum Gasteiger partial charge on any atom is -0.391 e. The quantitative estimate of drug-likeness (QED) is 0.826. The monoisotopic (exact) mass is 295 g/mol. The second-order valence-corrected chi connectivity index (χ2v) is 5.82. The van der Waals surface area contributed by atoms with Crippen molar-refractivity contribution in [2.75, 3.05) is 27.2 Å². The molecule has 1 N–H and O–H groups in total. The number of carbonyl (C=O) groups is 1. The molecule has 1 saturated heterocycles. The Morgan fingerprint density at radius 3 is 2.81 bits per heavy atom. The molecule has 1 aliphatic heterocycles. The first-order chi connectivity index (χ1) is 10.1. The normalized spacial score (nSPS) is 23.3. The topological polar surface area (TPSA) is 74.5 Å². The Morgan fingerprint density at radius 1 is 1.38 bits per heavy atom. The lowest BCUT2D eigenvalue weighted by atomic mass is 10.1. The van der Waals surface area contributed by atoms with Gasteiger partial charge in [-0.15, -0.1) is 0 Å². The van der Waals surface area contributed by atoms with Crippen LogP contribution in [0.15, 0.2) is 12.7 Å². The van der Waals surface area contributed by atoms with Crippen molar-refractivity contribution in [1.82, 2.24) is 24.6 Å². The number of aliphatic hydroxyl groups is 1. The van der Waals surface area contributed by atoms with Crippen molar-refractivity contribution in [2.24, 2.45) is 0 Å². The highest BCUT2D eigenvalue weighted by Crippen LogP contribution is 2.16. The van der Waals surface area contributed by atoms with E-state index in [1.807, 2.05) is 23.9 Å². The first kappa shape index (κ1) is 15.9. The Bertz CT molecular complexity index is 435. The van der Waals surface area contributed by atoms with Gasteiger partial charge in [-0.05, 0) is 33.4 Å². The van der Waals surface area contributed by atoms with Gasteiger partial charge in [0.1, 0.15) is 12.7 Å². The molecule has 1 fully saturated rings. The predicted octanol–water partition coefficient (Wildman–Crippen LogP) is -0.0282. The van der Waals surface area contributed by atoms with Gasteiger partial charge >= 0.3 is 0 Å². The Morgan fingerprint density at radius 2 is 2.14 bits per heavy atom. The molecule has 0 bridgehead atoms. The lowest BCUT2D eigenvalue weighted by molar-refractivity contribution is -0.131. The average Bonchev–Trinajstić information content (AvgIpc) is 2.87. The lowest BCUT2D eigenvalue weighted by Crippen LogP contribution is -2.38. The number of carbonyl (C=O) groups excluding carboxylic acids is 1. The predicted molar refractivity (Wildman–Crippen MR) is 78.6 cm³/mol. The van der Waals surface area contributed by atoms with Gasteiger partial charge in [0, 0.05) is 32.1 Å². The minimum atomic E-state index is -0.354. The standard InChI is InChI=1S/C14H25N5O2/c1-17(2)12-5-8-18(9-6-13(12)20)14(21)4-3-7-19-11-15-10-16-19/h10-13,20H,3-9H2,1-2H3/t12-,13-/m0/s1. The Balaban J connectivity index is 1.77. The SMILES string of the molecule is CN(C)[C@H]1CCN(C(=O)CCCn2cncn2)CC[C@@H]1O. The van der Waals surface area contributed by atoms with E-state index in [0.29, 0.717) is 25.9 Å². The summed E-state index contributed by atoms with van der Waals surface area (Å²) in [6.07, 6.45) is 5.56. The number of rotatable bonds is 5. The summed E-state index contributed by atoms with van der Waals surface area (Å²) in [5, 5.41) is 14.1. The van der Waals surface area contributed by atoms with Gasteiger partial charge in [-0.2, -0.15) is 5.10 Å². The smallest absolute Gasteiger partial charge is 0.222 e. The molecular formula is C14H25N5O2. The van der Waals surface area contributed by atoms with Crippen LogP contribution in [0.3, 0.4) is 0 Å². The van der Waals surface area contributed by atoms with E-state index in [1.165, 1.54) is 6.33 Å². The number of likely N-dealkylation sites (tertiary alicyclic amines) is 1. The van der Waals surface area contributed by atoms with Crippen LogP contribution in [0.25, 0.3) is 0 Å². The molecule has 21 heavy (non-hydrogen) atoms. The maximum atomic E-state index is 12.2. The van der Waals surface area contributed by atoms with E-state index in [-0.39, 0.29) is 18.1 Å². The van der Waals surface area contributed by atoms with Crippen LogP contribution in [-0.4, -0.2) is 74.9 Å². The van der Waals surface area contributed by atoms with E-state index in [1.54, 1.807) is 11.0 Å². The molecule has 0 aromatic carbocycles. The average molecular weight is 295 g/mol. The van der Waals surface area contributed by atoms with Crippen LogP contribution in [0.1, 0.15) is 25.7 Å². The van der Waals surface area contributed by atoms with Gasteiger partial charge in [-0.3, -0.25) is 9.48 Å². The van der Waals surface area contributed by atoms with Gasteiger partial charge in [-0.1, -0.05) is 0 Å². The molecule has 7 nitrogen and oxygen atoms in total. The molecule has 7 heteroatoms. The first-order valence-electron chi connectivity index (χ1n) is 7.52. The molecule has 118 valence electrons. The van der Waals surface area contributed by atoms with Gasteiger partial charge in [0.15, 0.2) is 0 Å². The van der Waals surface area contributed by atoms with Crippen LogP contribution in [0.4, 0.5) is 0 Å². The van der Waals surface area contributed by atoms with Crippen LogP contribution in [0.2, 0.25) is 0 Å². The number of aliphatic hydroxyl groups excluding tert-OH is 1. The van der Waals surface area contributed by atoms with Crippen LogP contribution >= 0.6 is 0 Å². The van der Waals surface area contributed by atoms with Crippen molar-refractivity contribution in [1.29, 1.82) is 0 Å². The summed E-state index contributed by atoms with van der Waals surface area (Å²) in [6.45, 7) is 2.08. The molecule has 1 aliphatic rings. The fraction of sp³-hybridized carbons (Fsp3) is 0.786. The fourth-order valence-electron chi connectivity index (χ4n) is 2.82. The van der Waals surface area contributed by atoms with Gasteiger partial charge in [0.25, 0.3) is 0 Å². The van der Waals surface area contributed by atoms with Crippen molar-refractivity contribution in [3.05, 3.63) is 12.7 Å². The van der Waals surface area contributed by atoms with Crippen molar-refractivity contribution in [3.8, 4) is 0 Å². The molecule has 0 radical (unpaired) electrons. The van der Waals surface area contributed by atoms with Crippen molar-refractivity contribution in [3.63, 3.8) is 0 Å². The zero-order valence-corrected chi connectivity index (χ0v) is 12.9. The number of aryl methyl sites for hydroxylation is 1. The Labute approximate surface area is 125 Å². The van der Waals surface area contributed by atoms with Crippen molar-refractivity contribution >= 4 is 5.91 Å². The molecule has 2 rings (SSSR count). The zero-order valence-electron chi connectivity index (χ0n) is 12.9. The van der Waals surface area contributed by atoms with Gasteiger partial charge in [0.05, 0.1) is 6.10 Å². The molecule has 2 atom stereocenters. The molecule has 1 aromatic heterocycles. The summed E-state index contributed by atoms with van der Waals surface area (Å²) < 4.78 is 1.74. The van der Waals surface area contributed by atoms with E-state index in [4.69, 9.17) is 0 Å². The van der Waals surface area contributed by atoms with Crippen molar-refractivity contribution in [2.45, 2.75) is 44.4 Å². The number of amides is 1. The van der Waals surface area contributed by atoms with Gasteiger partial charge in [0.2, 0.25) is 5.91 Å². The van der Waals surface area contributed by atoms with E-state index in [9.17, 15) is 9.90 Å². The van der Waals surface area contributed by atoms with E-state index in [0.717, 1.165) is 19.4 Å². The molecule has 1 aromatic rings. The minimum absolute atomic E-state index is 0.137. The second kappa shape index (κ2) is 7.51. The summed E-state index contributed by atoms with van der Waals surface area (Å²) in [7, 11) is 3.95. The number of likely N-dealkylation sites (N-methyl/N-ethyl adjacent to an activating group) is 1. The lowest BCUT2D eigenvalue weighted by Gasteiger charge is -2.26. The van der Waals surface area contributed by atoms with Gasteiger partial charge < -0.3 is 14.9 Å². The van der Waals surface area contributed by atoms with E-state index in [2.05, 4.69) is 10.1 Å². The summed E-state index contributed by atoms with van der Waals surface area (Å²) >= 11 is 0. The first-order valence-corrected chi connectivity index (χ1v) is 7.52. The zero-order chi connectivity index (χ0) is 15.2. The Hall–Kier alpha value is -1.47. The van der Waals surface area contributed by atoms with Crippen LogP contribution in [-0.2, 0) is 11.3 Å². The third-order valence-corrected chi connectivity index (χ3v) is 4.09. The molecule has 0 spiro atoms. The van der Waals surface area contributed by atoms with E-state index < -0.39 is 0 Å². The fourth-order valence-corrected chi connectivity index (χ4v) is 2.82. The Kier molecular flexibility index (Phi) is 5.69. The summed E-state index contributed by atoms with van der Waals surface area (Å²) in [5.41, 5.74) is 0. The maximum Gasteiger partial charge on any atom is 0.222 e. The largest absolute Gasteiger partial charge is 0.391 e.